The van der Waals surface area contributed by atoms with Gasteiger partial charge in [-0.1, -0.05) is 49.9 Å². The number of hydrogen-bond donors (Lipinski definition) is 1. The fourth-order valence-corrected chi connectivity index (χ4v) is 2.53. The van der Waals surface area contributed by atoms with Gasteiger partial charge in [0.05, 0.1) is 22.8 Å². The number of ether oxygens (including phenoxy) is 1. The SMILES string of the molecule is CCCCCCOC(=O)c1ccc(NC(=O)c2ccccc2Cl)cc1. The Kier molecular flexibility index (Phi) is 7.48. The quantitative estimate of drug-likeness (QED) is 0.512. The molecule has 1 amide bonds. The van der Waals surface area contributed by atoms with Crippen LogP contribution in [0.5, 0.6) is 0 Å². The summed E-state index contributed by atoms with van der Waals surface area (Å²) in [6.07, 6.45) is 4.25. The van der Waals surface area contributed by atoms with Gasteiger partial charge in [0, 0.05) is 5.69 Å². The van der Waals surface area contributed by atoms with E-state index in [9.17, 15) is 9.59 Å². The lowest BCUT2D eigenvalue weighted by molar-refractivity contribution is 0.0498. The smallest absolute Gasteiger partial charge is 0.338 e. The molecule has 132 valence electrons. The number of esters is 1. The summed E-state index contributed by atoms with van der Waals surface area (Å²) in [6.45, 7) is 2.57. The molecule has 2 rings (SSSR count). The molecule has 25 heavy (non-hydrogen) atoms. The molecular formula is C20H22ClNO3. The maximum absolute atomic E-state index is 12.2. The van der Waals surface area contributed by atoms with Gasteiger partial charge >= 0.3 is 5.97 Å². The van der Waals surface area contributed by atoms with E-state index in [4.69, 9.17) is 16.3 Å². The molecule has 2 aromatic rings. The molecule has 0 spiro atoms. The summed E-state index contributed by atoms with van der Waals surface area (Å²) in [5, 5.41) is 3.15. The highest BCUT2D eigenvalue weighted by Gasteiger charge is 2.11. The fraction of sp³-hybridized carbons (Fsp3) is 0.300. The molecular weight excluding hydrogens is 338 g/mol. The van der Waals surface area contributed by atoms with Crippen LogP contribution in [0, 0.1) is 0 Å². The molecule has 1 N–H and O–H groups in total. The van der Waals surface area contributed by atoms with Crippen LogP contribution in [0.25, 0.3) is 0 Å². The van der Waals surface area contributed by atoms with Crippen LogP contribution in [0.1, 0.15) is 53.3 Å². The predicted molar refractivity (Wildman–Crippen MR) is 100 cm³/mol. The third kappa shape index (κ3) is 5.91. The van der Waals surface area contributed by atoms with Crippen molar-refractivity contribution in [1.82, 2.24) is 0 Å². The number of benzene rings is 2. The molecule has 2 aromatic carbocycles. The summed E-state index contributed by atoms with van der Waals surface area (Å²) < 4.78 is 5.24. The maximum Gasteiger partial charge on any atom is 0.338 e. The van der Waals surface area contributed by atoms with Gasteiger partial charge in [0.2, 0.25) is 0 Å². The van der Waals surface area contributed by atoms with Crippen molar-refractivity contribution >= 4 is 29.2 Å². The minimum atomic E-state index is -0.347. The first-order chi connectivity index (χ1) is 12.1. The Morgan fingerprint density at radius 3 is 2.40 bits per heavy atom. The number of unbranched alkanes of at least 4 members (excludes halogenated alkanes) is 3. The zero-order valence-corrected chi connectivity index (χ0v) is 15.0. The molecule has 0 radical (unpaired) electrons. The van der Waals surface area contributed by atoms with Crippen LogP contribution >= 0.6 is 11.6 Å². The number of hydrogen-bond acceptors (Lipinski definition) is 3. The molecule has 0 aliphatic heterocycles. The highest BCUT2D eigenvalue weighted by Crippen LogP contribution is 2.18. The van der Waals surface area contributed by atoms with Crippen molar-refractivity contribution < 1.29 is 14.3 Å². The monoisotopic (exact) mass is 359 g/mol. The van der Waals surface area contributed by atoms with E-state index in [-0.39, 0.29) is 11.9 Å². The van der Waals surface area contributed by atoms with Crippen LogP contribution in [-0.2, 0) is 4.74 Å². The van der Waals surface area contributed by atoms with E-state index in [2.05, 4.69) is 12.2 Å². The molecule has 0 aromatic heterocycles. The summed E-state index contributed by atoms with van der Waals surface area (Å²) in [5.74, 6) is -0.641. The average molecular weight is 360 g/mol. The normalized spacial score (nSPS) is 10.3. The van der Waals surface area contributed by atoms with Crippen molar-refractivity contribution in [1.29, 1.82) is 0 Å². The molecule has 5 heteroatoms. The summed E-state index contributed by atoms with van der Waals surface area (Å²) in [4.78, 5) is 24.1. The lowest BCUT2D eigenvalue weighted by Gasteiger charge is -2.08. The van der Waals surface area contributed by atoms with Crippen molar-refractivity contribution in [2.24, 2.45) is 0 Å². The number of amides is 1. The first kappa shape index (κ1) is 19.0. The minimum Gasteiger partial charge on any atom is -0.462 e. The summed E-state index contributed by atoms with van der Waals surface area (Å²) in [6, 6.07) is 13.4. The fourth-order valence-electron chi connectivity index (χ4n) is 2.31. The van der Waals surface area contributed by atoms with Gasteiger partial charge in [0.15, 0.2) is 0 Å². The molecule has 0 saturated carbocycles. The standard InChI is InChI=1S/C20H22ClNO3/c1-2-3-4-7-14-25-20(24)15-10-12-16(13-11-15)22-19(23)17-8-5-6-9-18(17)21/h5-6,8-13H,2-4,7,14H2,1H3,(H,22,23). The van der Waals surface area contributed by atoms with Crippen LogP contribution in [0.2, 0.25) is 5.02 Å². The number of nitrogens with one attached hydrogen (secondary N) is 1. The first-order valence-corrected chi connectivity index (χ1v) is 8.82. The lowest BCUT2D eigenvalue weighted by Crippen LogP contribution is -2.12. The van der Waals surface area contributed by atoms with E-state index in [1.807, 2.05) is 0 Å². The molecule has 0 aliphatic carbocycles. The summed E-state index contributed by atoms with van der Waals surface area (Å²) in [5.41, 5.74) is 1.45. The Bertz CT molecular complexity index is 713. The zero-order valence-electron chi connectivity index (χ0n) is 14.3. The van der Waals surface area contributed by atoms with Crippen molar-refractivity contribution in [2.45, 2.75) is 32.6 Å². The second-order valence-corrected chi connectivity index (χ2v) is 6.12. The van der Waals surface area contributed by atoms with Gasteiger partial charge in [0.25, 0.3) is 5.91 Å². The van der Waals surface area contributed by atoms with Gasteiger partial charge in [-0.3, -0.25) is 4.79 Å². The van der Waals surface area contributed by atoms with Gasteiger partial charge in [0.1, 0.15) is 0 Å². The molecule has 0 heterocycles. The van der Waals surface area contributed by atoms with E-state index in [1.54, 1.807) is 48.5 Å². The molecule has 0 bridgehead atoms. The Balaban J connectivity index is 1.88. The molecule has 0 unspecified atom stereocenters. The lowest BCUT2D eigenvalue weighted by atomic mass is 10.2. The van der Waals surface area contributed by atoms with Crippen molar-refractivity contribution in [3.05, 3.63) is 64.7 Å². The Morgan fingerprint density at radius 2 is 1.72 bits per heavy atom. The highest BCUT2D eigenvalue weighted by molar-refractivity contribution is 6.34. The molecule has 0 fully saturated rings. The number of carbonyl (C=O) groups excluding carboxylic acids is 2. The van der Waals surface area contributed by atoms with Crippen LogP contribution in [0.3, 0.4) is 0 Å². The predicted octanol–water partition coefficient (Wildman–Crippen LogP) is 5.33. The van der Waals surface area contributed by atoms with E-state index in [1.165, 1.54) is 0 Å². The largest absolute Gasteiger partial charge is 0.462 e. The number of anilines is 1. The summed E-state index contributed by atoms with van der Waals surface area (Å²) in [7, 11) is 0. The second kappa shape index (κ2) is 9.84. The van der Waals surface area contributed by atoms with Crippen molar-refractivity contribution in [3.8, 4) is 0 Å². The zero-order chi connectivity index (χ0) is 18.1. The first-order valence-electron chi connectivity index (χ1n) is 8.45. The summed E-state index contributed by atoms with van der Waals surface area (Å²) >= 11 is 6.01. The van der Waals surface area contributed by atoms with E-state index in [0.29, 0.717) is 28.4 Å². The average Bonchev–Trinajstić information content (AvgIpc) is 2.62. The Morgan fingerprint density at radius 1 is 1.00 bits per heavy atom. The van der Waals surface area contributed by atoms with Gasteiger partial charge in [-0.2, -0.15) is 0 Å². The van der Waals surface area contributed by atoms with Crippen molar-refractivity contribution in [3.63, 3.8) is 0 Å². The number of rotatable bonds is 8. The van der Waals surface area contributed by atoms with E-state index < -0.39 is 0 Å². The third-order valence-electron chi connectivity index (χ3n) is 3.73. The number of halogens is 1. The van der Waals surface area contributed by atoms with E-state index >= 15 is 0 Å². The van der Waals surface area contributed by atoms with Crippen LogP contribution in [0.4, 0.5) is 5.69 Å². The van der Waals surface area contributed by atoms with Gasteiger partial charge in [-0.15, -0.1) is 0 Å². The Labute approximate surface area is 153 Å². The van der Waals surface area contributed by atoms with Gasteiger partial charge < -0.3 is 10.1 Å². The molecule has 4 nitrogen and oxygen atoms in total. The second-order valence-electron chi connectivity index (χ2n) is 5.71. The minimum absolute atomic E-state index is 0.295. The van der Waals surface area contributed by atoms with Crippen molar-refractivity contribution in [2.75, 3.05) is 11.9 Å². The molecule has 0 aliphatic rings. The van der Waals surface area contributed by atoms with Crippen LogP contribution < -0.4 is 5.32 Å². The van der Waals surface area contributed by atoms with Crippen LogP contribution in [-0.4, -0.2) is 18.5 Å². The number of carbonyl (C=O) groups is 2. The third-order valence-corrected chi connectivity index (χ3v) is 4.06. The molecule has 0 atom stereocenters. The van der Waals surface area contributed by atoms with E-state index in [0.717, 1.165) is 25.7 Å². The highest BCUT2D eigenvalue weighted by atomic mass is 35.5. The van der Waals surface area contributed by atoms with Gasteiger partial charge in [-0.05, 0) is 42.8 Å². The van der Waals surface area contributed by atoms with Crippen LogP contribution in [0.15, 0.2) is 48.5 Å². The maximum atomic E-state index is 12.2. The molecule has 0 saturated heterocycles. The van der Waals surface area contributed by atoms with Gasteiger partial charge in [-0.25, -0.2) is 4.79 Å². The Hall–Kier alpha value is -2.33. The topological polar surface area (TPSA) is 55.4 Å².